The first-order valence-electron chi connectivity index (χ1n) is 4.54. The van der Waals surface area contributed by atoms with Crippen LogP contribution in [-0.4, -0.2) is 22.9 Å². The van der Waals surface area contributed by atoms with E-state index in [4.69, 9.17) is 0 Å². The first kappa shape index (κ1) is 10.4. The molecule has 0 bridgehead atoms. The second-order valence-electron chi connectivity index (χ2n) is 3.18. The second-order valence-corrected chi connectivity index (χ2v) is 4.10. The van der Waals surface area contributed by atoms with Crippen LogP contribution in [0.4, 0.5) is 10.5 Å². The van der Waals surface area contributed by atoms with Crippen molar-refractivity contribution >= 4 is 38.1 Å². The van der Waals surface area contributed by atoms with Crippen molar-refractivity contribution in [3.63, 3.8) is 0 Å². The maximum Gasteiger partial charge on any atom is 0.287 e. The van der Waals surface area contributed by atoms with Crippen LogP contribution < -0.4 is 10.2 Å². The summed E-state index contributed by atoms with van der Waals surface area (Å²) in [7, 11) is 0. The van der Waals surface area contributed by atoms with Gasteiger partial charge in [0, 0.05) is 35.7 Å². The van der Waals surface area contributed by atoms with Gasteiger partial charge in [0.05, 0.1) is 11.3 Å². The molecule has 4 nitrogen and oxygen atoms in total. The third-order valence-electron chi connectivity index (χ3n) is 2.27. The van der Waals surface area contributed by atoms with Gasteiger partial charge in [-0.1, -0.05) is 12.1 Å². The van der Waals surface area contributed by atoms with Gasteiger partial charge in [-0.3, -0.25) is 9.59 Å². The molecule has 0 fully saturated rings. The molecule has 78 valence electrons. The van der Waals surface area contributed by atoms with Crippen LogP contribution >= 0.6 is 22.6 Å². The fraction of sp³-hybridized carbons (Fsp3) is 0.200. The van der Waals surface area contributed by atoms with Gasteiger partial charge in [0.2, 0.25) is 0 Å². The number of nitrogens with one attached hydrogen (secondary N) is 1. The van der Waals surface area contributed by atoms with E-state index in [2.05, 4.69) is 5.32 Å². The minimum atomic E-state index is -0.120. The summed E-state index contributed by atoms with van der Waals surface area (Å²) in [4.78, 5) is 24.6. The fourth-order valence-electron chi connectivity index (χ4n) is 1.58. The van der Waals surface area contributed by atoms with Crippen LogP contribution in [0, 0.1) is 0 Å². The van der Waals surface area contributed by atoms with Crippen LogP contribution in [0.5, 0.6) is 0 Å². The van der Waals surface area contributed by atoms with Gasteiger partial charge in [-0.2, -0.15) is 0 Å². The van der Waals surface area contributed by atoms with E-state index in [0.717, 1.165) is 0 Å². The number of nitrogens with zero attached hydrogens (tertiary/aromatic N) is 1. The molecule has 0 radical (unpaired) electrons. The Bertz CT molecular complexity index is 420. The number of hydrogen-bond donors (Lipinski definition) is 1. The van der Waals surface area contributed by atoms with E-state index in [1.54, 1.807) is 45.7 Å². The average Bonchev–Trinajstić information content (AvgIpc) is 2.39. The zero-order chi connectivity index (χ0) is 10.8. The first-order chi connectivity index (χ1) is 7.20. The molecule has 0 unspecified atom stereocenters. The Hall–Kier alpha value is -1.11. The molecule has 0 atom stereocenters. The number of anilines is 1. The zero-order valence-corrected chi connectivity index (χ0v) is 10.0. The molecule has 2 amide bonds. The largest absolute Gasteiger partial charge is 0.350 e. The SMILES string of the molecule is O=C1NCCN(C(=O)I)c2ccccc21. The molecule has 1 aromatic carbocycles. The summed E-state index contributed by atoms with van der Waals surface area (Å²) in [5.74, 6) is -0.120. The molecule has 1 aliphatic rings. The number of benzene rings is 1. The van der Waals surface area contributed by atoms with Crippen LogP contribution in [0.15, 0.2) is 24.3 Å². The number of carbonyl (C=O) groups is 2. The predicted molar refractivity (Wildman–Crippen MR) is 65.5 cm³/mol. The minimum Gasteiger partial charge on any atom is -0.350 e. The number of rotatable bonds is 0. The quantitative estimate of drug-likeness (QED) is 0.451. The van der Waals surface area contributed by atoms with E-state index < -0.39 is 0 Å². The maximum absolute atomic E-state index is 11.6. The average molecular weight is 316 g/mol. The maximum atomic E-state index is 11.6. The van der Waals surface area contributed by atoms with Crippen LogP contribution in [0.3, 0.4) is 0 Å². The van der Waals surface area contributed by atoms with Crippen molar-refractivity contribution < 1.29 is 9.59 Å². The zero-order valence-electron chi connectivity index (χ0n) is 7.87. The molecule has 15 heavy (non-hydrogen) atoms. The highest BCUT2D eigenvalue weighted by molar-refractivity contribution is 14.1. The summed E-state index contributed by atoms with van der Waals surface area (Å²) in [5, 5.41) is 2.75. The lowest BCUT2D eigenvalue weighted by molar-refractivity contribution is 0.0958. The summed E-state index contributed by atoms with van der Waals surface area (Å²) in [5.41, 5.74) is 1.24. The van der Waals surface area contributed by atoms with Crippen LogP contribution in [0.25, 0.3) is 0 Å². The van der Waals surface area contributed by atoms with E-state index >= 15 is 0 Å². The highest BCUT2D eigenvalue weighted by Crippen LogP contribution is 2.23. The fourth-order valence-corrected chi connectivity index (χ4v) is 2.08. The number of carbonyl (C=O) groups excluding carboxylic acids is 2. The molecule has 1 aliphatic heterocycles. The van der Waals surface area contributed by atoms with Crippen LogP contribution in [0.1, 0.15) is 10.4 Å². The van der Waals surface area contributed by atoms with Crippen molar-refractivity contribution in [2.24, 2.45) is 0 Å². The number of amides is 2. The molecular formula is C10H9IN2O2. The number of fused-ring (bicyclic) bond motifs is 1. The third kappa shape index (κ3) is 1.97. The topological polar surface area (TPSA) is 49.4 Å². The Kier molecular flexibility index (Phi) is 2.90. The highest BCUT2D eigenvalue weighted by atomic mass is 127. The van der Waals surface area contributed by atoms with Crippen molar-refractivity contribution in [3.8, 4) is 0 Å². The smallest absolute Gasteiger partial charge is 0.287 e. The van der Waals surface area contributed by atoms with Gasteiger partial charge >= 0.3 is 0 Å². The summed E-state index contributed by atoms with van der Waals surface area (Å²) in [6, 6.07) is 7.13. The van der Waals surface area contributed by atoms with E-state index in [0.29, 0.717) is 24.3 Å². The summed E-state index contributed by atoms with van der Waals surface area (Å²) in [6.45, 7) is 1.01. The van der Waals surface area contributed by atoms with Crippen LogP contribution in [-0.2, 0) is 0 Å². The third-order valence-corrected chi connectivity index (χ3v) is 2.85. The van der Waals surface area contributed by atoms with Gasteiger partial charge in [-0.05, 0) is 12.1 Å². The lowest BCUT2D eigenvalue weighted by atomic mass is 10.1. The predicted octanol–water partition coefficient (Wildman–Crippen LogP) is 1.79. The van der Waals surface area contributed by atoms with Crippen molar-refractivity contribution in [2.45, 2.75) is 0 Å². The van der Waals surface area contributed by atoms with Crippen molar-refractivity contribution in [3.05, 3.63) is 29.8 Å². The molecule has 0 spiro atoms. The lowest BCUT2D eigenvalue weighted by Gasteiger charge is -2.18. The van der Waals surface area contributed by atoms with Gasteiger partial charge in [-0.25, -0.2) is 0 Å². The van der Waals surface area contributed by atoms with E-state index in [9.17, 15) is 9.59 Å². The molecular weight excluding hydrogens is 307 g/mol. The van der Waals surface area contributed by atoms with Crippen LogP contribution in [0.2, 0.25) is 0 Å². The van der Waals surface area contributed by atoms with E-state index in [1.165, 1.54) is 0 Å². The highest BCUT2D eigenvalue weighted by Gasteiger charge is 2.22. The Balaban J connectivity index is 2.52. The van der Waals surface area contributed by atoms with E-state index in [1.807, 2.05) is 6.07 Å². The van der Waals surface area contributed by atoms with Crippen molar-refractivity contribution in [1.82, 2.24) is 5.32 Å². The molecule has 0 aliphatic carbocycles. The Morgan fingerprint density at radius 2 is 2.13 bits per heavy atom. The summed E-state index contributed by atoms with van der Waals surface area (Å²) in [6.07, 6.45) is 0. The summed E-state index contributed by atoms with van der Waals surface area (Å²) < 4.78 is -0.0726. The molecule has 0 saturated carbocycles. The normalized spacial score (nSPS) is 15.3. The van der Waals surface area contributed by atoms with Gasteiger partial charge < -0.3 is 10.2 Å². The van der Waals surface area contributed by atoms with Gasteiger partial charge in [0.1, 0.15) is 0 Å². The molecule has 1 aromatic rings. The lowest BCUT2D eigenvalue weighted by Crippen LogP contribution is -2.31. The minimum absolute atomic E-state index is 0.0726. The van der Waals surface area contributed by atoms with Crippen molar-refractivity contribution in [2.75, 3.05) is 18.0 Å². The molecule has 1 N–H and O–H groups in total. The first-order valence-corrected chi connectivity index (χ1v) is 5.62. The molecule has 0 aromatic heterocycles. The number of para-hydroxylation sites is 1. The van der Waals surface area contributed by atoms with Gasteiger partial charge in [-0.15, -0.1) is 0 Å². The van der Waals surface area contributed by atoms with Gasteiger partial charge in [0.25, 0.3) is 9.82 Å². The number of halogens is 1. The van der Waals surface area contributed by atoms with Gasteiger partial charge in [0.15, 0.2) is 0 Å². The molecule has 1 heterocycles. The summed E-state index contributed by atoms with van der Waals surface area (Å²) >= 11 is 1.73. The molecule has 2 rings (SSSR count). The Labute approximate surface area is 101 Å². The molecule has 0 saturated heterocycles. The van der Waals surface area contributed by atoms with E-state index in [-0.39, 0.29) is 9.82 Å². The standard InChI is InChI=1S/C10H9IN2O2/c11-10(15)13-6-5-12-9(14)7-3-1-2-4-8(7)13/h1-4H,5-6H2,(H,12,14). The number of hydrogen-bond acceptors (Lipinski definition) is 2. The Morgan fingerprint density at radius 1 is 1.40 bits per heavy atom. The Morgan fingerprint density at radius 3 is 2.87 bits per heavy atom. The molecule has 5 heteroatoms. The second kappa shape index (κ2) is 4.18. The van der Waals surface area contributed by atoms with Crippen molar-refractivity contribution in [1.29, 1.82) is 0 Å². The monoisotopic (exact) mass is 316 g/mol.